The minimum atomic E-state index is -1.09. The Morgan fingerprint density at radius 3 is 2.72 bits per heavy atom. The van der Waals surface area contributed by atoms with Crippen LogP contribution in [0.4, 0.5) is 8.78 Å². The maximum Gasteiger partial charge on any atom is 0.339 e. The molecule has 1 heterocycles. The lowest BCUT2D eigenvalue weighted by Gasteiger charge is -2.16. The number of carbonyl (C=O) groups excluding carboxylic acids is 1. The number of nitrogens with zero attached hydrogens (tertiary/aromatic N) is 1. The molecule has 0 bridgehead atoms. The van der Waals surface area contributed by atoms with Crippen molar-refractivity contribution in [1.29, 1.82) is 0 Å². The smallest absolute Gasteiger partial charge is 0.339 e. The maximum absolute atomic E-state index is 13.8. The van der Waals surface area contributed by atoms with Crippen molar-refractivity contribution in [3.8, 4) is 0 Å². The number of hydrogen-bond donors (Lipinski definition) is 1. The monoisotopic (exact) mass is 349 g/mol. The molecule has 7 heteroatoms. The highest BCUT2D eigenvalue weighted by molar-refractivity contribution is 5.89. The number of amides is 1. The van der Waals surface area contributed by atoms with Crippen LogP contribution in [0, 0.1) is 24.5 Å². The van der Waals surface area contributed by atoms with Crippen LogP contribution >= 0.6 is 0 Å². The van der Waals surface area contributed by atoms with E-state index in [9.17, 15) is 18.4 Å². The lowest BCUT2D eigenvalue weighted by molar-refractivity contribution is -0.132. The second-order valence-electron chi connectivity index (χ2n) is 6.27. The minimum Gasteiger partial charge on any atom is -0.478 e. The zero-order chi connectivity index (χ0) is 18.3. The molecule has 25 heavy (non-hydrogen) atoms. The highest BCUT2D eigenvalue weighted by Crippen LogP contribution is 2.49. The van der Waals surface area contributed by atoms with Gasteiger partial charge in [-0.2, -0.15) is 0 Å². The number of aromatic carboxylic acids is 1. The van der Waals surface area contributed by atoms with Gasteiger partial charge in [-0.05, 0) is 37.0 Å². The van der Waals surface area contributed by atoms with E-state index in [-0.39, 0.29) is 35.3 Å². The summed E-state index contributed by atoms with van der Waals surface area (Å²) in [4.78, 5) is 24.9. The Kier molecular flexibility index (Phi) is 4.32. The van der Waals surface area contributed by atoms with Gasteiger partial charge in [0, 0.05) is 13.0 Å². The van der Waals surface area contributed by atoms with Crippen LogP contribution in [-0.4, -0.2) is 28.9 Å². The second kappa shape index (κ2) is 6.31. The van der Waals surface area contributed by atoms with Crippen LogP contribution in [0.3, 0.4) is 0 Å². The molecule has 1 amide bonds. The van der Waals surface area contributed by atoms with E-state index >= 15 is 0 Å². The lowest BCUT2D eigenvalue weighted by Crippen LogP contribution is -2.28. The van der Waals surface area contributed by atoms with Crippen molar-refractivity contribution in [2.24, 2.45) is 5.92 Å². The lowest BCUT2D eigenvalue weighted by atomic mass is 10.1. The standard InChI is InChI=1S/C18H17F2NO4/c1-9-12(18(23)24)6-10(25-9)8-21(2)17(22)14-7-13(14)11-4-3-5-15(19)16(11)20/h3-6,13-14H,7-8H2,1-2H3,(H,23,24)/t13-,14+/m1/s1. The van der Waals surface area contributed by atoms with Crippen LogP contribution in [0.25, 0.3) is 0 Å². The van der Waals surface area contributed by atoms with E-state index in [0.29, 0.717) is 12.2 Å². The topological polar surface area (TPSA) is 70.8 Å². The van der Waals surface area contributed by atoms with Gasteiger partial charge in [0.2, 0.25) is 5.91 Å². The quantitative estimate of drug-likeness (QED) is 0.899. The fourth-order valence-electron chi connectivity index (χ4n) is 3.05. The first kappa shape index (κ1) is 17.1. The molecular formula is C18H17F2NO4. The highest BCUT2D eigenvalue weighted by atomic mass is 19.2. The van der Waals surface area contributed by atoms with E-state index in [2.05, 4.69) is 0 Å². The number of carbonyl (C=O) groups is 2. The molecule has 1 aromatic carbocycles. The molecule has 1 aliphatic rings. The Labute approximate surface area is 142 Å². The number of carboxylic acid groups (broad SMARTS) is 1. The Hall–Kier alpha value is -2.70. The Bertz CT molecular complexity index is 846. The van der Waals surface area contributed by atoms with Crippen molar-refractivity contribution in [2.45, 2.75) is 25.8 Å². The molecule has 5 nitrogen and oxygen atoms in total. The van der Waals surface area contributed by atoms with Gasteiger partial charge < -0.3 is 14.4 Å². The first-order chi connectivity index (χ1) is 11.8. The first-order valence-electron chi connectivity index (χ1n) is 7.81. The molecule has 0 saturated heterocycles. The number of rotatable bonds is 5. The first-order valence-corrected chi connectivity index (χ1v) is 7.81. The van der Waals surface area contributed by atoms with Gasteiger partial charge in [-0.1, -0.05) is 12.1 Å². The predicted molar refractivity (Wildman–Crippen MR) is 84.1 cm³/mol. The van der Waals surface area contributed by atoms with Crippen molar-refractivity contribution in [1.82, 2.24) is 4.90 Å². The summed E-state index contributed by atoms with van der Waals surface area (Å²) in [5, 5.41) is 9.02. The van der Waals surface area contributed by atoms with E-state index in [1.807, 2.05) is 0 Å². The molecular weight excluding hydrogens is 332 g/mol. The molecule has 1 fully saturated rings. The highest BCUT2D eigenvalue weighted by Gasteiger charge is 2.46. The third kappa shape index (κ3) is 3.26. The zero-order valence-electron chi connectivity index (χ0n) is 13.8. The normalized spacial score (nSPS) is 18.9. The molecule has 1 aromatic heterocycles. The summed E-state index contributed by atoms with van der Waals surface area (Å²) in [6, 6.07) is 5.35. The van der Waals surface area contributed by atoms with Gasteiger partial charge in [-0.15, -0.1) is 0 Å². The molecule has 3 rings (SSSR count). The number of hydrogen-bond acceptors (Lipinski definition) is 3. The number of furan rings is 1. The summed E-state index contributed by atoms with van der Waals surface area (Å²) in [5.41, 5.74) is 0.274. The number of carboxylic acids is 1. The maximum atomic E-state index is 13.8. The molecule has 132 valence electrons. The molecule has 0 spiro atoms. The fourth-order valence-corrected chi connectivity index (χ4v) is 3.05. The van der Waals surface area contributed by atoms with Crippen LogP contribution in [0.5, 0.6) is 0 Å². The van der Waals surface area contributed by atoms with Gasteiger partial charge in [0.1, 0.15) is 17.1 Å². The van der Waals surface area contributed by atoms with E-state index in [4.69, 9.17) is 9.52 Å². The summed E-state index contributed by atoms with van der Waals surface area (Å²) in [7, 11) is 1.57. The van der Waals surface area contributed by atoms with Crippen molar-refractivity contribution in [3.05, 3.63) is 58.5 Å². The van der Waals surface area contributed by atoms with Crippen molar-refractivity contribution in [3.63, 3.8) is 0 Å². The van der Waals surface area contributed by atoms with Crippen molar-refractivity contribution < 1.29 is 27.9 Å². The van der Waals surface area contributed by atoms with E-state index in [1.165, 1.54) is 23.1 Å². The van der Waals surface area contributed by atoms with Crippen molar-refractivity contribution in [2.75, 3.05) is 7.05 Å². The molecule has 2 atom stereocenters. The largest absolute Gasteiger partial charge is 0.478 e. The van der Waals surface area contributed by atoms with Gasteiger partial charge in [0.05, 0.1) is 6.54 Å². The van der Waals surface area contributed by atoms with Gasteiger partial charge in [-0.3, -0.25) is 4.79 Å². The number of aryl methyl sites for hydroxylation is 1. The van der Waals surface area contributed by atoms with Crippen LogP contribution in [0.15, 0.2) is 28.7 Å². The molecule has 1 saturated carbocycles. The summed E-state index contributed by atoms with van der Waals surface area (Å²) in [5.74, 6) is -3.23. The fraction of sp³-hybridized carbons (Fsp3) is 0.333. The van der Waals surface area contributed by atoms with E-state index < -0.39 is 23.5 Å². The molecule has 0 unspecified atom stereocenters. The number of halogens is 2. The zero-order valence-corrected chi connectivity index (χ0v) is 13.8. The second-order valence-corrected chi connectivity index (χ2v) is 6.27. The van der Waals surface area contributed by atoms with Crippen LogP contribution in [0.1, 0.15) is 39.8 Å². The van der Waals surface area contributed by atoms with Gasteiger partial charge >= 0.3 is 5.97 Å². The molecule has 2 aromatic rings. The van der Waals surface area contributed by atoms with Crippen LogP contribution < -0.4 is 0 Å². The minimum absolute atomic E-state index is 0.0574. The summed E-state index contributed by atoms with van der Waals surface area (Å²) in [6.07, 6.45) is 0.459. The molecule has 0 radical (unpaired) electrons. The summed E-state index contributed by atoms with van der Waals surface area (Å²) < 4.78 is 32.5. The molecule has 0 aliphatic heterocycles. The van der Waals surface area contributed by atoms with Gasteiger partial charge in [-0.25, -0.2) is 13.6 Å². The number of benzene rings is 1. The van der Waals surface area contributed by atoms with Crippen LogP contribution in [-0.2, 0) is 11.3 Å². The average Bonchev–Trinajstić information content (AvgIpc) is 3.25. The Balaban J connectivity index is 1.67. The van der Waals surface area contributed by atoms with Gasteiger partial charge in [0.15, 0.2) is 11.6 Å². The van der Waals surface area contributed by atoms with E-state index in [1.54, 1.807) is 14.0 Å². The summed E-state index contributed by atoms with van der Waals surface area (Å²) >= 11 is 0. The van der Waals surface area contributed by atoms with E-state index in [0.717, 1.165) is 6.07 Å². The Morgan fingerprint density at radius 2 is 2.08 bits per heavy atom. The van der Waals surface area contributed by atoms with Crippen molar-refractivity contribution >= 4 is 11.9 Å². The molecule has 1 N–H and O–H groups in total. The third-order valence-electron chi connectivity index (χ3n) is 4.46. The average molecular weight is 349 g/mol. The summed E-state index contributed by atoms with van der Waals surface area (Å²) in [6.45, 7) is 1.65. The third-order valence-corrected chi connectivity index (χ3v) is 4.46. The Morgan fingerprint density at radius 1 is 1.36 bits per heavy atom. The van der Waals surface area contributed by atoms with Crippen LogP contribution in [0.2, 0.25) is 0 Å². The molecule has 1 aliphatic carbocycles. The predicted octanol–water partition coefficient (Wildman–Crippen LogP) is 3.33. The van der Waals surface area contributed by atoms with Gasteiger partial charge in [0.25, 0.3) is 0 Å². The SMILES string of the molecule is Cc1oc(CN(C)C(=O)[C@H]2C[C@@H]2c2cccc(F)c2F)cc1C(=O)O.